The number of carbonyl (C=O) groups excluding carboxylic acids is 1. The smallest absolute Gasteiger partial charge is 0.246 e. The van der Waals surface area contributed by atoms with Crippen molar-refractivity contribution in [3.8, 4) is 11.5 Å². The van der Waals surface area contributed by atoms with E-state index < -0.39 is 0 Å². The van der Waals surface area contributed by atoms with Crippen LogP contribution in [-0.2, 0) is 11.3 Å². The van der Waals surface area contributed by atoms with E-state index in [4.69, 9.17) is 9.47 Å². The highest BCUT2D eigenvalue weighted by molar-refractivity contribution is 5.91. The first kappa shape index (κ1) is 17.5. The summed E-state index contributed by atoms with van der Waals surface area (Å²) >= 11 is 0. The van der Waals surface area contributed by atoms with Crippen LogP contribution in [0.5, 0.6) is 11.5 Å². The Labute approximate surface area is 141 Å². The minimum atomic E-state index is -0.332. The Morgan fingerprint density at radius 2 is 1.96 bits per heavy atom. The molecular formula is C19H20FNO3. The first-order chi connectivity index (χ1) is 11.5. The molecule has 0 heterocycles. The molecule has 0 atom stereocenters. The molecule has 4 nitrogen and oxygen atoms in total. The third-order valence-corrected chi connectivity index (χ3v) is 3.55. The van der Waals surface area contributed by atoms with Crippen molar-refractivity contribution in [1.82, 2.24) is 4.90 Å². The van der Waals surface area contributed by atoms with Crippen molar-refractivity contribution < 1.29 is 18.7 Å². The number of hydrogen-bond acceptors (Lipinski definition) is 3. The van der Waals surface area contributed by atoms with Crippen molar-refractivity contribution in [2.75, 3.05) is 21.3 Å². The van der Waals surface area contributed by atoms with Gasteiger partial charge in [0.25, 0.3) is 0 Å². The topological polar surface area (TPSA) is 38.8 Å². The van der Waals surface area contributed by atoms with E-state index in [0.29, 0.717) is 23.6 Å². The molecule has 1 amide bonds. The van der Waals surface area contributed by atoms with E-state index in [1.54, 1.807) is 50.4 Å². The Bertz CT molecular complexity index is 743. The van der Waals surface area contributed by atoms with Gasteiger partial charge < -0.3 is 14.4 Å². The molecule has 0 saturated heterocycles. The van der Waals surface area contributed by atoms with Crippen molar-refractivity contribution >= 4 is 12.0 Å². The number of nitrogens with zero attached hydrogens (tertiary/aromatic N) is 1. The van der Waals surface area contributed by atoms with E-state index >= 15 is 0 Å². The molecule has 0 spiro atoms. The Balaban J connectivity index is 2.06. The summed E-state index contributed by atoms with van der Waals surface area (Å²) in [6.45, 7) is 0.388. The monoisotopic (exact) mass is 329 g/mol. The number of halogens is 1. The van der Waals surface area contributed by atoms with Crippen LogP contribution < -0.4 is 9.47 Å². The van der Waals surface area contributed by atoms with Gasteiger partial charge in [0.1, 0.15) is 17.3 Å². The molecule has 0 saturated carbocycles. The lowest BCUT2D eigenvalue weighted by Gasteiger charge is -2.17. The van der Waals surface area contributed by atoms with Crippen molar-refractivity contribution in [1.29, 1.82) is 0 Å². The fourth-order valence-electron chi connectivity index (χ4n) is 2.22. The minimum Gasteiger partial charge on any atom is -0.497 e. The summed E-state index contributed by atoms with van der Waals surface area (Å²) in [5, 5.41) is 0. The van der Waals surface area contributed by atoms with Gasteiger partial charge in [0.05, 0.1) is 14.2 Å². The Morgan fingerprint density at radius 1 is 1.17 bits per heavy atom. The fraction of sp³-hybridized carbons (Fsp3) is 0.211. The summed E-state index contributed by atoms with van der Waals surface area (Å²) in [4.78, 5) is 13.8. The molecule has 2 aromatic rings. The van der Waals surface area contributed by atoms with Crippen molar-refractivity contribution in [2.45, 2.75) is 6.54 Å². The molecule has 0 aliphatic rings. The molecule has 0 aliphatic heterocycles. The molecule has 0 N–H and O–H groups in total. The van der Waals surface area contributed by atoms with Gasteiger partial charge in [0.2, 0.25) is 5.91 Å². The normalized spacial score (nSPS) is 10.7. The molecule has 0 radical (unpaired) electrons. The van der Waals surface area contributed by atoms with Crippen LogP contribution in [0.15, 0.2) is 48.5 Å². The summed E-state index contributed by atoms with van der Waals surface area (Å²) in [6, 6.07) is 11.5. The van der Waals surface area contributed by atoms with Crippen LogP contribution in [0, 0.1) is 5.82 Å². The average Bonchev–Trinajstić information content (AvgIpc) is 2.60. The summed E-state index contributed by atoms with van der Waals surface area (Å²) < 4.78 is 23.6. The number of benzene rings is 2. The standard InChI is InChI=1S/C19H20FNO3/c1-21(13-15-8-9-17(23-2)12-18(15)24-3)19(22)10-7-14-5-4-6-16(20)11-14/h4-12H,13H2,1-3H3/b10-7+. The summed E-state index contributed by atoms with van der Waals surface area (Å²) in [5.41, 5.74) is 1.51. The number of methoxy groups -OCH3 is 2. The first-order valence-corrected chi connectivity index (χ1v) is 7.43. The maximum Gasteiger partial charge on any atom is 0.246 e. The zero-order chi connectivity index (χ0) is 17.5. The van der Waals surface area contributed by atoms with Crippen molar-refractivity contribution in [3.63, 3.8) is 0 Å². The molecular weight excluding hydrogens is 309 g/mol. The van der Waals surface area contributed by atoms with Gasteiger partial charge in [0.15, 0.2) is 0 Å². The molecule has 2 rings (SSSR count). The van der Waals surface area contributed by atoms with E-state index in [2.05, 4.69) is 0 Å². The zero-order valence-electron chi connectivity index (χ0n) is 14.0. The number of likely N-dealkylation sites (N-methyl/N-ethyl adjacent to an activating group) is 1. The Hall–Kier alpha value is -2.82. The van der Waals surface area contributed by atoms with Crippen LogP contribution in [0.4, 0.5) is 4.39 Å². The van der Waals surface area contributed by atoms with E-state index in [9.17, 15) is 9.18 Å². The lowest BCUT2D eigenvalue weighted by Crippen LogP contribution is -2.24. The second-order valence-corrected chi connectivity index (χ2v) is 5.26. The summed E-state index contributed by atoms with van der Waals surface area (Å²) in [7, 11) is 4.85. The second-order valence-electron chi connectivity index (χ2n) is 5.26. The lowest BCUT2D eigenvalue weighted by molar-refractivity contribution is -0.125. The van der Waals surface area contributed by atoms with Gasteiger partial charge >= 0.3 is 0 Å². The van der Waals surface area contributed by atoms with E-state index in [-0.39, 0.29) is 11.7 Å². The summed E-state index contributed by atoms with van der Waals surface area (Å²) in [5.74, 6) is 0.830. The highest BCUT2D eigenvalue weighted by Crippen LogP contribution is 2.25. The number of amides is 1. The van der Waals surface area contributed by atoms with E-state index in [0.717, 1.165) is 5.56 Å². The van der Waals surface area contributed by atoms with Crippen LogP contribution in [-0.4, -0.2) is 32.1 Å². The largest absolute Gasteiger partial charge is 0.497 e. The number of hydrogen-bond donors (Lipinski definition) is 0. The second kappa shape index (κ2) is 8.15. The maximum absolute atomic E-state index is 13.1. The molecule has 0 bridgehead atoms. The molecule has 0 aliphatic carbocycles. The van der Waals surface area contributed by atoms with Gasteiger partial charge in [-0.1, -0.05) is 12.1 Å². The average molecular weight is 329 g/mol. The molecule has 0 unspecified atom stereocenters. The predicted molar refractivity (Wildman–Crippen MR) is 91.5 cm³/mol. The quantitative estimate of drug-likeness (QED) is 0.761. The van der Waals surface area contributed by atoms with Gasteiger partial charge in [-0.15, -0.1) is 0 Å². The molecule has 24 heavy (non-hydrogen) atoms. The Kier molecular flexibility index (Phi) is 5.95. The van der Waals surface area contributed by atoms with Crippen LogP contribution in [0.1, 0.15) is 11.1 Å². The van der Waals surface area contributed by atoms with Gasteiger partial charge in [-0.2, -0.15) is 0 Å². The third kappa shape index (κ3) is 4.59. The first-order valence-electron chi connectivity index (χ1n) is 7.43. The maximum atomic E-state index is 13.1. The van der Waals surface area contributed by atoms with Crippen LogP contribution in [0.2, 0.25) is 0 Å². The molecule has 126 valence electrons. The molecule has 2 aromatic carbocycles. The molecule has 5 heteroatoms. The van der Waals surface area contributed by atoms with Crippen LogP contribution in [0.25, 0.3) is 6.08 Å². The fourth-order valence-corrected chi connectivity index (χ4v) is 2.22. The van der Waals surface area contributed by atoms with Crippen LogP contribution in [0.3, 0.4) is 0 Å². The highest BCUT2D eigenvalue weighted by Gasteiger charge is 2.11. The number of rotatable bonds is 6. The van der Waals surface area contributed by atoms with E-state index in [1.807, 2.05) is 12.1 Å². The van der Waals surface area contributed by atoms with Gasteiger partial charge in [-0.05, 0) is 35.9 Å². The molecule has 0 fully saturated rings. The Morgan fingerprint density at radius 3 is 2.62 bits per heavy atom. The highest BCUT2D eigenvalue weighted by atomic mass is 19.1. The SMILES string of the molecule is COc1ccc(CN(C)C(=O)/C=C/c2cccc(F)c2)c(OC)c1. The van der Waals surface area contributed by atoms with Crippen molar-refractivity contribution in [3.05, 3.63) is 65.5 Å². The number of ether oxygens (including phenoxy) is 2. The van der Waals surface area contributed by atoms with Gasteiger partial charge in [-0.3, -0.25) is 4.79 Å². The van der Waals surface area contributed by atoms with E-state index in [1.165, 1.54) is 18.2 Å². The minimum absolute atomic E-state index is 0.183. The van der Waals surface area contributed by atoms with Gasteiger partial charge in [0, 0.05) is 31.3 Å². The predicted octanol–water partition coefficient (Wildman–Crippen LogP) is 3.51. The third-order valence-electron chi connectivity index (χ3n) is 3.55. The number of carbonyl (C=O) groups is 1. The van der Waals surface area contributed by atoms with Gasteiger partial charge in [-0.25, -0.2) is 4.39 Å². The molecule has 0 aromatic heterocycles. The van der Waals surface area contributed by atoms with Crippen molar-refractivity contribution in [2.24, 2.45) is 0 Å². The summed E-state index contributed by atoms with van der Waals surface area (Å²) in [6.07, 6.45) is 3.01. The van der Waals surface area contributed by atoms with Crippen LogP contribution >= 0.6 is 0 Å². The zero-order valence-corrected chi connectivity index (χ0v) is 14.0. The lowest BCUT2D eigenvalue weighted by atomic mass is 10.1.